The number of hydrogen-bond acceptors (Lipinski definition) is 7. The Morgan fingerprint density at radius 1 is 0.618 bits per heavy atom. The van der Waals surface area contributed by atoms with E-state index < -0.39 is 17.4 Å². The number of amidine groups is 1. The van der Waals surface area contributed by atoms with Gasteiger partial charge in [-0.1, -0.05) is 152 Å². The predicted octanol–water partition coefficient (Wildman–Crippen LogP) is 11.1. The summed E-state index contributed by atoms with van der Waals surface area (Å²) in [4.78, 5) is 5.19. The molecule has 0 radical (unpaired) electrons. The summed E-state index contributed by atoms with van der Waals surface area (Å²) in [6.07, 6.45) is 1.47. The fourth-order valence-electron chi connectivity index (χ4n) is 7.49. The van der Waals surface area contributed by atoms with Gasteiger partial charge >= 0.3 is 0 Å². The summed E-state index contributed by atoms with van der Waals surface area (Å²) in [6, 6.07) is 49.6. The van der Waals surface area contributed by atoms with Crippen LogP contribution in [0.1, 0.15) is 58.1 Å². The second kappa shape index (κ2) is 14.9. The van der Waals surface area contributed by atoms with Crippen LogP contribution in [0.15, 0.2) is 180 Å². The molecule has 3 atom stereocenters. The quantitative estimate of drug-likeness (QED) is 0.0931. The topological polar surface area (TPSA) is 117 Å². The van der Waals surface area contributed by atoms with E-state index in [2.05, 4.69) is 121 Å². The minimum absolute atomic E-state index is 0.00518. The van der Waals surface area contributed by atoms with Crippen LogP contribution in [0.4, 0.5) is 0 Å². The fourth-order valence-corrected chi connectivity index (χ4v) is 7.49. The van der Waals surface area contributed by atoms with E-state index in [0.717, 1.165) is 67.0 Å². The first kappa shape index (κ1) is 35.2. The molecular formula is C48H41N3O4. The van der Waals surface area contributed by atoms with Gasteiger partial charge in [0.05, 0.1) is 5.92 Å². The third-order valence-electron chi connectivity index (χ3n) is 10.5. The lowest BCUT2D eigenvalue weighted by Gasteiger charge is -2.32. The van der Waals surface area contributed by atoms with Crippen LogP contribution in [-0.2, 0) is 0 Å². The smallest absolute Gasteiger partial charge is 0.200 e. The maximum Gasteiger partial charge on any atom is 0.200 e. The van der Waals surface area contributed by atoms with Gasteiger partial charge in [-0.05, 0) is 74.2 Å². The van der Waals surface area contributed by atoms with Crippen molar-refractivity contribution in [3.05, 3.63) is 209 Å². The van der Waals surface area contributed by atoms with Crippen LogP contribution in [0.3, 0.4) is 0 Å². The van der Waals surface area contributed by atoms with Gasteiger partial charge < -0.3 is 25.7 Å². The van der Waals surface area contributed by atoms with Crippen LogP contribution in [0.25, 0.3) is 39.5 Å². The first-order chi connectivity index (χ1) is 26.8. The van der Waals surface area contributed by atoms with Gasteiger partial charge in [0.1, 0.15) is 29.7 Å². The van der Waals surface area contributed by atoms with Crippen molar-refractivity contribution in [2.75, 3.05) is 0 Å². The highest BCUT2D eigenvalue weighted by atomic mass is 16.3. The normalized spacial score (nSPS) is 18.4. The third kappa shape index (κ3) is 6.89. The SMILES string of the molecule is C=Cc1cccc(-c2ccc(-c3ccc(C4CC(O)=C(O)C(O)=C4O)cc3)cc2)c1-c1cc(C2N=C(c3ccccc3)NC(c3ccccc3)N2)ccc1C. The molecule has 6 aromatic carbocycles. The summed E-state index contributed by atoms with van der Waals surface area (Å²) in [7, 11) is 0. The van der Waals surface area contributed by atoms with Crippen molar-refractivity contribution in [2.45, 2.75) is 31.6 Å². The van der Waals surface area contributed by atoms with E-state index in [1.807, 2.05) is 54.6 Å². The summed E-state index contributed by atoms with van der Waals surface area (Å²) < 4.78 is 0. The van der Waals surface area contributed by atoms with Crippen LogP contribution >= 0.6 is 0 Å². The number of allylic oxidation sites excluding steroid dienone is 2. The molecule has 0 fully saturated rings. The predicted molar refractivity (Wildman–Crippen MR) is 221 cm³/mol. The Morgan fingerprint density at radius 3 is 1.95 bits per heavy atom. The molecule has 272 valence electrons. The van der Waals surface area contributed by atoms with E-state index in [9.17, 15) is 20.4 Å². The van der Waals surface area contributed by atoms with Crippen molar-refractivity contribution in [3.63, 3.8) is 0 Å². The molecule has 2 aliphatic rings. The van der Waals surface area contributed by atoms with Gasteiger partial charge in [-0.25, -0.2) is 4.99 Å². The number of benzene rings is 6. The maximum atomic E-state index is 10.5. The van der Waals surface area contributed by atoms with Crippen LogP contribution in [0.5, 0.6) is 0 Å². The molecule has 55 heavy (non-hydrogen) atoms. The van der Waals surface area contributed by atoms with Crippen LogP contribution < -0.4 is 10.6 Å². The molecule has 7 heteroatoms. The molecule has 0 saturated heterocycles. The summed E-state index contributed by atoms with van der Waals surface area (Å²) in [6.45, 7) is 6.33. The number of aliphatic hydroxyl groups is 4. The molecule has 0 bridgehead atoms. The van der Waals surface area contributed by atoms with Crippen LogP contribution in [0.2, 0.25) is 0 Å². The van der Waals surface area contributed by atoms with E-state index in [1.54, 1.807) is 0 Å². The highest BCUT2D eigenvalue weighted by molar-refractivity contribution is 5.99. The zero-order chi connectivity index (χ0) is 38.1. The molecule has 0 saturated carbocycles. The standard InChI is InChI=1S/C48H41N3O4/c1-3-30-15-10-16-38(33-23-19-31(20-24-33)32-21-25-34(26-22-32)40-28-41(52)44(54)45(55)43(40)53)42(30)39-27-37(18-17-29(39)2)48-50-46(35-11-6-4-7-12-35)49-47(51-48)36-13-8-5-9-14-36/h3-27,40,46,48,50,52-55H,1,28H2,2H3,(H,49,51). The number of rotatable bonds is 8. The lowest BCUT2D eigenvalue weighted by atomic mass is 9.86. The number of nitrogens with one attached hydrogen (secondary N) is 2. The first-order valence-corrected chi connectivity index (χ1v) is 18.3. The molecule has 0 spiro atoms. The molecule has 1 aliphatic heterocycles. The Hall–Kier alpha value is -6.83. The van der Waals surface area contributed by atoms with Crippen molar-refractivity contribution in [1.82, 2.24) is 10.6 Å². The van der Waals surface area contributed by atoms with Crippen LogP contribution in [0, 0.1) is 6.92 Å². The van der Waals surface area contributed by atoms with Crippen molar-refractivity contribution in [3.8, 4) is 33.4 Å². The summed E-state index contributed by atoms with van der Waals surface area (Å²) in [5.41, 5.74) is 12.4. The Labute approximate surface area is 320 Å². The number of hydrogen-bond donors (Lipinski definition) is 6. The maximum absolute atomic E-state index is 10.5. The molecular weight excluding hydrogens is 683 g/mol. The monoisotopic (exact) mass is 723 g/mol. The lowest BCUT2D eigenvalue weighted by Crippen LogP contribution is -2.44. The van der Waals surface area contributed by atoms with Crippen LogP contribution in [-0.4, -0.2) is 26.3 Å². The van der Waals surface area contributed by atoms with E-state index in [1.165, 1.54) is 0 Å². The number of aliphatic imine (C=N–C) groups is 1. The van der Waals surface area contributed by atoms with Gasteiger partial charge in [-0.15, -0.1) is 0 Å². The largest absolute Gasteiger partial charge is 0.508 e. The average Bonchev–Trinajstić information content (AvgIpc) is 3.24. The van der Waals surface area contributed by atoms with E-state index in [0.29, 0.717) is 5.56 Å². The van der Waals surface area contributed by atoms with Crippen molar-refractivity contribution < 1.29 is 20.4 Å². The van der Waals surface area contributed by atoms with E-state index in [-0.39, 0.29) is 30.3 Å². The Bertz CT molecular complexity index is 2470. The molecule has 3 unspecified atom stereocenters. The number of aryl methyl sites for hydroxylation is 1. The minimum atomic E-state index is -0.694. The van der Waals surface area contributed by atoms with Crippen molar-refractivity contribution in [1.29, 1.82) is 0 Å². The zero-order valence-electron chi connectivity index (χ0n) is 30.3. The van der Waals surface area contributed by atoms with E-state index in [4.69, 9.17) is 4.99 Å². The molecule has 1 aliphatic carbocycles. The third-order valence-corrected chi connectivity index (χ3v) is 10.5. The first-order valence-electron chi connectivity index (χ1n) is 18.3. The van der Waals surface area contributed by atoms with Gasteiger partial charge in [0, 0.05) is 12.0 Å². The minimum Gasteiger partial charge on any atom is -0.508 e. The van der Waals surface area contributed by atoms with Crippen molar-refractivity contribution >= 4 is 11.9 Å². The lowest BCUT2D eigenvalue weighted by molar-refractivity contribution is 0.218. The number of nitrogens with zero attached hydrogens (tertiary/aromatic N) is 1. The van der Waals surface area contributed by atoms with E-state index >= 15 is 0 Å². The van der Waals surface area contributed by atoms with Gasteiger partial charge in [-0.2, -0.15) is 0 Å². The molecule has 0 amide bonds. The summed E-state index contributed by atoms with van der Waals surface area (Å²) >= 11 is 0. The van der Waals surface area contributed by atoms with Gasteiger partial charge in [0.25, 0.3) is 0 Å². The van der Waals surface area contributed by atoms with Gasteiger partial charge in [0.15, 0.2) is 11.5 Å². The highest BCUT2D eigenvalue weighted by Gasteiger charge is 2.31. The molecule has 1 heterocycles. The second-order valence-corrected chi connectivity index (χ2v) is 13.9. The highest BCUT2D eigenvalue weighted by Crippen LogP contribution is 2.41. The Balaban J connectivity index is 1.12. The van der Waals surface area contributed by atoms with Crippen molar-refractivity contribution in [2.24, 2.45) is 4.99 Å². The summed E-state index contributed by atoms with van der Waals surface area (Å²) in [5, 5.41) is 47.8. The second-order valence-electron chi connectivity index (χ2n) is 13.9. The van der Waals surface area contributed by atoms with Gasteiger partial charge in [0.2, 0.25) is 0 Å². The zero-order valence-corrected chi connectivity index (χ0v) is 30.3. The Morgan fingerprint density at radius 2 is 1.25 bits per heavy atom. The molecule has 0 aromatic heterocycles. The molecule has 6 aromatic rings. The number of aliphatic hydroxyl groups excluding tert-OH is 4. The molecule has 6 N–H and O–H groups in total. The molecule has 8 rings (SSSR count). The molecule has 7 nitrogen and oxygen atoms in total. The fraction of sp³-hybridized carbons (Fsp3) is 0.104. The van der Waals surface area contributed by atoms with Gasteiger partial charge in [-0.3, -0.25) is 5.32 Å². The Kier molecular flexibility index (Phi) is 9.53. The summed E-state index contributed by atoms with van der Waals surface area (Å²) in [5.74, 6) is -1.91. The average molecular weight is 724 g/mol.